The molecule has 1 N–H and O–H groups in total. The minimum Gasteiger partial charge on any atom is -0.353 e. The molecule has 1 aliphatic carbocycles. The summed E-state index contributed by atoms with van der Waals surface area (Å²) in [5.74, 6) is 0.909. The number of carbonyl (C=O) groups excluding carboxylic acids is 1. The van der Waals surface area contributed by atoms with Crippen molar-refractivity contribution in [2.24, 2.45) is 5.92 Å². The molecule has 0 bridgehead atoms. The van der Waals surface area contributed by atoms with Crippen molar-refractivity contribution in [1.29, 1.82) is 0 Å². The summed E-state index contributed by atoms with van der Waals surface area (Å²) in [6, 6.07) is 7.65. The van der Waals surface area contributed by atoms with E-state index >= 15 is 0 Å². The molecule has 1 heterocycles. The highest BCUT2D eigenvalue weighted by molar-refractivity contribution is 7.99. The summed E-state index contributed by atoms with van der Waals surface area (Å²) in [6.07, 6.45) is 3.24. The zero-order valence-electron chi connectivity index (χ0n) is 15.0. The van der Waals surface area contributed by atoms with Crippen molar-refractivity contribution in [3.8, 4) is 0 Å². The average molecular weight is 359 g/mol. The van der Waals surface area contributed by atoms with Gasteiger partial charge in [-0.25, -0.2) is 4.98 Å². The largest absolute Gasteiger partial charge is 0.353 e. The van der Waals surface area contributed by atoms with E-state index in [0.29, 0.717) is 22.0 Å². The molecule has 1 saturated carbocycles. The maximum atomic E-state index is 12.9. The number of aromatic nitrogens is 2. The van der Waals surface area contributed by atoms with Crippen molar-refractivity contribution >= 4 is 28.6 Å². The Morgan fingerprint density at radius 2 is 2.08 bits per heavy atom. The van der Waals surface area contributed by atoms with E-state index in [-0.39, 0.29) is 29.3 Å². The van der Waals surface area contributed by atoms with Crippen molar-refractivity contribution in [3.63, 3.8) is 0 Å². The number of fused-ring (bicyclic) bond motifs is 1. The highest BCUT2D eigenvalue weighted by atomic mass is 32.2. The van der Waals surface area contributed by atoms with Crippen LogP contribution in [0.1, 0.15) is 46.1 Å². The van der Waals surface area contributed by atoms with Crippen LogP contribution in [0.15, 0.2) is 34.2 Å². The quantitative estimate of drug-likeness (QED) is 0.608. The van der Waals surface area contributed by atoms with Gasteiger partial charge in [0, 0.05) is 12.1 Å². The molecule has 1 fully saturated rings. The lowest BCUT2D eigenvalue weighted by Gasteiger charge is -2.18. The normalized spacial score (nSPS) is 16.6. The van der Waals surface area contributed by atoms with Gasteiger partial charge in [-0.1, -0.05) is 30.8 Å². The second kappa shape index (κ2) is 7.60. The highest BCUT2D eigenvalue weighted by Crippen LogP contribution is 2.32. The van der Waals surface area contributed by atoms with Gasteiger partial charge >= 0.3 is 0 Å². The number of carbonyl (C=O) groups is 1. The molecule has 6 heteroatoms. The van der Waals surface area contributed by atoms with Gasteiger partial charge in [-0.3, -0.25) is 14.2 Å². The zero-order valence-corrected chi connectivity index (χ0v) is 15.8. The molecule has 2 aromatic rings. The molecule has 0 saturated heterocycles. The molecule has 134 valence electrons. The third-order valence-corrected chi connectivity index (χ3v) is 5.81. The first-order valence-corrected chi connectivity index (χ1v) is 9.93. The number of nitrogens with one attached hydrogen (secondary N) is 1. The Morgan fingerprint density at radius 3 is 2.76 bits per heavy atom. The number of benzene rings is 1. The fourth-order valence-corrected chi connectivity index (χ4v) is 3.85. The van der Waals surface area contributed by atoms with Crippen LogP contribution in [0.25, 0.3) is 10.9 Å². The lowest BCUT2D eigenvalue weighted by Crippen LogP contribution is -2.35. The SMILES string of the molecule is CC[C@H](C)n1c(SCC(=O)N[C@H](C)C2CC2)nc2ccccc2c1=O. The van der Waals surface area contributed by atoms with Crippen LogP contribution in [0.5, 0.6) is 0 Å². The Labute approximate surface area is 152 Å². The first-order valence-electron chi connectivity index (χ1n) is 8.94. The van der Waals surface area contributed by atoms with Crippen LogP contribution in [-0.4, -0.2) is 27.3 Å². The topological polar surface area (TPSA) is 64.0 Å². The highest BCUT2D eigenvalue weighted by Gasteiger charge is 2.29. The number of hydrogen-bond donors (Lipinski definition) is 1. The summed E-state index contributed by atoms with van der Waals surface area (Å²) in [7, 11) is 0. The predicted molar refractivity (Wildman–Crippen MR) is 102 cm³/mol. The molecular weight excluding hydrogens is 334 g/mol. The summed E-state index contributed by atoms with van der Waals surface area (Å²) < 4.78 is 1.73. The van der Waals surface area contributed by atoms with Crippen LogP contribution >= 0.6 is 11.8 Å². The molecule has 0 spiro atoms. The van der Waals surface area contributed by atoms with E-state index in [0.717, 1.165) is 6.42 Å². The van der Waals surface area contributed by atoms with E-state index in [4.69, 9.17) is 0 Å². The van der Waals surface area contributed by atoms with E-state index < -0.39 is 0 Å². The smallest absolute Gasteiger partial charge is 0.262 e. The van der Waals surface area contributed by atoms with Gasteiger partial charge in [-0.15, -0.1) is 0 Å². The molecule has 0 radical (unpaired) electrons. The second-order valence-corrected chi connectivity index (χ2v) is 7.77. The van der Waals surface area contributed by atoms with Crippen LogP contribution in [0.2, 0.25) is 0 Å². The molecule has 1 aromatic carbocycles. The molecule has 0 unspecified atom stereocenters. The van der Waals surface area contributed by atoms with Gasteiger partial charge in [0.1, 0.15) is 0 Å². The predicted octanol–water partition coefficient (Wildman–Crippen LogP) is 3.37. The van der Waals surface area contributed by atoms with E-state index in [1.165, 1.54) is 24.6 Å². The number of rotatable bonds is 7. The lowest BCUT2D eigenvalue weighted by molar-refractivity contribution is -0.119. The van der Waals surface area contributed by atoms with Gasteiger partial charge in [-0.05, 0) is 51.2 Å². The Morgan fingerprint density at radius 1 is 1.36 bits per heavy atom. The number of thioether (sulfide) groups is 1. The molecular formula is C19H25N3O2S. The van der Waals surface area contributed by atoms with E-state index in [2.05, 4.69) is 17.2 Å². The van der Waals surface area contributed by atoms with E-state index in [1.54, 1.807) is 4.57 Å². The van der Waals surface area contributed by atoms with Crippen LogP contribution < -0.4 is 10.9 Å². The molecule has 1 aromatic heterocycles. The number of hydrogen-bond acceptors (Lipinski definition) is 4. The summed E-state index contributed by atoms with van der Waals surface area (Å²) in [4.78, 5) is 29.7. The lowest BCUT2D eigenvalue weighted by atomic mass is 10.2. The second-order valence-electron chi connectivity index (χ2n) is 6.83. The van der Waals surface area contributed by atoms with Crippen molar-refractivity contribution < 1.29 is 4.79 Å². The van der Waals surface area contributed by atoms with Gasteiger partial charge in [0.2, 0.25) is 5.91 Å². The molecule has 5 nitrogen and oxygen atoms in total. The zero-order chi connectivity index (χ0) is 18.0. The number of amides is 1. The Kier molecular flexibility index (Phi) is 5.47. The number of nitrogens with zero attached hydrogens (tertiary/aromatic N) is 2. The first-order chi connectivity index (χ1) is 12.0. The minimum absolute atomic E-state index is 0.00232. The van der Waals surface area contributed by atoms with E-state index in [9.17, 15) is 9.59 Å². The maximum Gasteiger partial charge on any atom is 0.262 e. The van der Waals surface area contributed by atoms with Crippen LogP contribution in [0.3, 0.4) is 0 Å². The molecule has 0 aliphatic heterocycles. The fourth-order valence-electron chi connectivity index (χ4n) is 2.94. The Hall–Kier alpha value is -1.82. The van der Waals surface area contributed by atoms with Crippen LogP contribution in [-0.2, 0) is 4.79 Å². The molecule has 2 atom stereocenters. The van der Waals surface area contributed by atoms with Gasteiger partial charge in [0.25, 0.3) is 5.56 Å². The Bertz CT molecular complexity index is 829. The standard InChI is InChI=1S/C19H25N3O2S/c1-4-12(2)22-18(24)15-7-5-6-8-16(15)21-19(22)25-11-17(23)20-13(3)14-9-10-14/h5-8,12-14H,4,9-11H2,1-3H3,(H,20,23)/t12-,13+/m0/s1. The van der Waals surface area contributed by atoms with Crippen LogP contribution in [0.4, 0.5) is 0 Å². The summed E-state index contributed by atoms with van der Waals surface area (Å²) in [5.41, 5.74) is 0.649. The van der Waals surface area contributed by atoms with Crippen molar-refractivity contribution in [2.45, 2.75) is 57.3 Å². The Balaban J connectivity index is 1.83. The molecule has 25 heavy (non-hydrogen) atoms. The summed E-state index contributed by atoms with van der Waals surface area (Å²) in [5, 5.41) is 4.29. The third-order valence-electron chi connectivity index (χ3n) is 4.86. The van der Waals surface area contributed by atoms with E-state index in [1.807, 2.05) is 38.1 Å². The average Bonchev–Trinajstić information content (AvgIpc) is 3.44. The fraction of sp³-hybridized carbons (Fsp3) is 0.526. The van der Waals surface area contributed by atoms with Crippen LogP contribution in [0, 0.1) is 5.92 Å². The van der Waals surface area contributed by atoms with Crippen molar-refractivity contribution in [3.05, 3.63) is 34.6 Å². The van der Waals surface area contributed by atoms with Crippen molar-refractivity contribution in [1.82, 2.24) is 14.9 Å². The first kappa shape index (κ1) is 18.0. The number of para-hydroxylation sites is 1. The van der Waals surface area contributed by atoms with Gasteiger partial charge < -0.3 is 5.32 Å². The van der Waals surface area contributed by atoms with Gasteiger partial charge in [0.05, 0.1) is 16.7 Å². The van der Waals surface area contributed by atoms with Crippen molar-refractivity contribution in [2.75, 3.05) is 5.75 Å². The summed E-state index contributed by atoms with van der Waals surface area (Å²) in [6.45, 7) is 6.12. The minimum atomic E-state index is -0.0331. The monoisotopic (exact) mass is 359 g/mol. The maximum absolute atomic E-state index is 12.9. The molecule has 1 aliphatic rings. The molecule has 1 amide bonds. The van der Waals surface area contributed by atoms with Gasteiger partial charge in [0.15, 0.2) is 5.16 Å². The molecule has 3 rings (SSSR count). The summed E-state index contributed by atoms with van der Waals surface area (Å²) >= 11 is 1.34. The third kappa shape index (κ3) is 4.06. The van der Waals surface area contributed by atoms with Gasteiger partial charge in [-0.2, -0.15) is 0 Å².